The topological polar surface area (TPSA) is 0 Å². The van der Waals surface area contributed by atoms with Gasteiger partial charge in [0.05, 0.1) is 0 Å². The maximum Gasteiger partial charge on any atom is -0.00996 e. The second kappa shape index (κ2) is 5.49. The highest BCUT2D eigenvalue weighted by atomic mass is 14.0. The van der Waals surface area contributed by atoms with E-state index in [0.29, 0.717) is 0 Å². The van der Waals surface area contributed by atoms with Gasteiger partial charge in [0.15, 0.2) is 0 Å². The Balaban J connectivity index is 2.11. The van der Waals surface area contributed by atoms with E-state index in [0.717, 1.165) is 12.0 Å². The number of benzene rings is 2. The monoisotopic (exact) mass is 221 g/mol. The Morgan fingerprint density at radius 3 is 2.12 bits per heavy atom. The summed E-state index contributed by atoms with van der Waals surface area (Å²) in [5.74, 6) is 0. The maximum atomic E-state index is 3.88. The van der Waals surface area contributed by atoms with E-state index in [1.807, 2.05) is 13.0 Å². The van der Waals surface area contributed by atoms with Crippen LogP contribution in [0.5, 0.6) is 0 Å². The van der Waals surface area contributed by atoms with Crippen LogP contribution >= 0.6 is 0 Å². The molecule has 0 heteroatoms. The quantitative estimate of drug-likeness (QED) is 0.703. The SMILES string of the molecule is C=C(C)[CH]Cc1ccc(-c2ccccc2)cc1. The molecule has 2 aromatic carbocycles. The van der Waals surface area contributed by atoms with E-state index in [-0.39, 0.29) is 0 Å². The Morgan fingerprint density at radius 1 is 0.941 bits per heavy atom. The molecule has 85 valence electrons. The first-order chi connectivity index (χ1) is 8.25. The minimum atomic E-state index is 0.963. The van der Waals surface area contributed by atoms with Crippen molar-refractivity contribution in [2.45, 2.75) is 13.3 Å². The first kappa shape index (κ1) is 11.7. The zero-order chi connectivity index (χ0) is 12.1. The average Bonchev–Trinajstić information content (AvgIpc) is 2.38. The first-order valence-electron chi connectivity index (χ1n) is 5.89. The molecule has 2 rings (SSSR count). The molecule has 0 unspecified atom stereocenters. The van der Waals surface area contributed by atoms with E-state index in [2.05, 4.69) is 61.5 Å². The Bertz CT molecular complexity index is 477. The molecule has 0 bridgehead atoms. The van der Waals surface area contributed by atoms with Gasteiger partial charge in [-0.2, -0.15) is 0 Å². The third-order valence-electron chi connectivity index (χ3n) is 2.75. The molecule has 0 fully saturated rings. The predicted molar refractivity (Wildman–Crippen MR) is 74.7 cm³/mol. The van der Waals surface area contributed by atoms with E-state index in [4.69, 9.17) is 0 Å². The Hall–Kier alpha value is -1.82. The van der Waals surface area contributed by atoms with Crippen LogP contribution < -0.4 is 0 Å². The van der Waals surface area contributed by atoms with Gasteiger partial charge in [-0.15, -0.1) is 0 Å². The first-order valence-corrected chi connectivity index (χ1v) is 5.89. The highest BCUT2D eigenvalue weighted by molar-refractivity contribution is 5.63. The summed E-state index contributed by atoms with van der Waals surface area (Å²) in [6, 6.07) is 19.2. The predicted octanol–water partition coefficient (Wildman–Crippen LogP) is 4.68. The van der Waals surface area contributed by atoms with Crippen molar-refractivity contribution in [3.05, 3.63) is 78.7 Å². The minimum Gasteiger partial charge on any atom is -0.0998 e. The van der Waals surface area contributed by atoms with Crippen LogP contribution in [0.4, 0.5) is 0 Å². The van der Waals surface area contributed by atoms with Crippen molar-refractivity contribution in [2.24, 2.45) is 0 Å². The molecular weight excluding hydrogens is 204 g/mol. The molecule has 1 radical (unpaired) electrons. The lowest BCUT2D eigenvalue weighted by Crippen LogP contribution is -1.87. The van der Waals surface area contributed by atoms with E-state index in [1.165, 1.54) is 16.7 Å². The van der Waals surface area contributed by atoms with Gasteiger partial charge >= 0.3 is 0 Å². The van der Waals surface area contributed by atoms with Crippen molar-refractivity contribution in [2.75, 3.05) is 0 Å². The lowest BCUT2D eigenvalue weighted by molar-refractivity contribution is 1.15. The van der Waals surface area contributed by atoms with Crippen LogP contribution in [0.2, 0.25) is 0 Å². The second-order valence-electron chi connectivity index (χ2n) is 4.32. The van der Waals surface area contributed by atoms with Crippen LogP contribution in [0.3, 0.4) is 0 Å². The summed E-state index contributed by atoms with van der Waals surface area (Å²) in [6.07, 6.45) is 3.11. The van der Waals surface area contributed by atoms with Gasteiger partial charge in [0.1, 0.15) is 0 Å². The van der Waals surface area contributed by atoms with E-state index in [9.17, 15) is 0 Å². The molecular formula is C17H17. The Morgan fingerprint density at radius 2 is 1.53 bits per heavy atom. The van der Waals surface area contributed by atoms with Gasteiger partial charge in [-0.1, -0.05) is 66.7 Å². The molecule has 2 aromatic rings. The van der Waals surface area contributed by atoms with E-state index >= 15 is 0 Å². The molecule has 17 heavy (non-hydrogen) atoms. The summed E-state index contributed by atoms with van der Waals surface area (Å²) in [4.78, 5) is 0. The Kier molecular flexibility index (Phi) is 3.77. The molecule has 0 aliphatic rings. The van der Waals surface area contributed by atoms with Crippen molar-refractivity contribution in [1.82, 2.24) is 0 Å². The molecule has 0 atom stereocenters. The van der Waals surface area contributed by atoms with Crippen molar-refractivity contribution >= 4 is 0 Å². The standard InChI is InChI=1S/C17H17/c1-14(2)8-9-15-10-12-17(13-11-15)16-6-4-3-5-7-16/h3-8,10-13H,1,9H2,2H3. The average molecular weight is 221 g/mol. The van der Waals surface area contributed by atoms with Crippen LogP contribution in [-0.2, 0) is 6.42 Å². The van der Waals surface area contributed by atoms with E-state index < -0.39 is 0 Å². The number of hydrogen-bond donors (Lipinski definition) is 0. The van der Waals surface area contributed by atoms with Gasteiger partial charge in [-0.25, -0.2) is 0 Å². The molecule has 0 heterocycles. The largest absolute Gasteiger partial charge is 0.0998 e. The fourth-order valence-corrected chi connectivity index (χ4v) is 1.76. The Labute approximate surface area is 104 Å². The summed E-state index contributed by atoms with van der Waals surface area (Å²) < 4.78 is 0. The fraction of sp³-hybridized carbons (Fsp3) is 0.118. The molecule has 0 aliphatic carbocycles. The zero-order valence-corrected chi connectivity index (χ0v) is 10.2. The lowest BCUT2D eigenvalue weighted by atomic mass is 10.0. The zero-order valence-electron chi connectivity index (χ0n) is 10.2. The minimum absolute atomic E-state index is 0.963. The summed E-state index contributed by atoms with van der Waals surface area (Å²) in [7, 11) is 0. The van der Waals surface area contributed by atoms with Gasteiger partial charge in [-0.3, -0.25) is 0 Å². The maximum absolute atomic E-state index is 3.88. The van der Waals surface area contributed by atoms with Crippen LogP contribution in [0.15, 0.2) is 66.7 Å². The van der Waals surface area contributed by atoms with Crippen molar-refractivity contribution in [1.29, 1.82) is 0 Å². The molecule has 0 N–H and O–H groups in total. The van der Waals surface area contributed by atoms with Gasteiger partial charge in [0.25, 0.3) is 0 Å². The smallest absolute Gasteiger partial charge is 0.00996 e. The fourth-order valence-electron chi connectivity index (χ4n) is 1.76. The van der Waals surface area contributed by atoms with Gasteiger partial charge < -0.3 is 0 Å². The number of rotatable bonds is 4. The molecule has 0 nitrogen and oxygen atoms in total. The number of hydrogen-bond acceptors (Lipinski definition) is 0. The van der Waals surface area contributed by atoms with Crippen LogP contribution in [0.25, 0.3) is 11.1 Å². The van der Waals surface area contributed by atoms with E-state index in [1.54, 1.807) is 0 Å². The van der Waals surface area contributed by atoms with Gasteiger partial charge in [0.2, 0.25) is 0 Å². The van der Waals surface area contributed by atoms with Gasteiger partial charge in [0, 0.05) is 0 Å². The number of allylic oxidation sites excluding steroid dienone is 1. The van der Waals surface area contributed by atoms with Crippen LogP contribution in [0.1, 0.15) is 12.5 Å². The summed E-state index contributed by atoms with van der Waals surface area (Å²) in [5.41, 5.74) is 4.98. The van der Waals surface area contributed by atoms with Crippen LogP contribution in [0, 0.1) is 6.42 Å². The summed E-state index contributed by atoms with van der Waals surface area (Å²) >= 11 is 0. The highest BCUT2D eigenvalue weighted by Gasteiger charge is 1.97. The lowest BCUT2D eigenvalue weighted by Gasteiger charge is -2.04. The third-order valence-corrected chi connectivity index (χ3v) is 2.75. The van der Waals surface area contributed by atoms with Gasteiger partial charge in [-0.05, 0) is 36.5 Å². The molecule has 0 amide bonds. The molecule has 0 aromatic heterocycles. The second-order valence-corrected chi connectivity index (χ2v) is 4.32. The van der Waals surface area contributed by atoms with Crippen molar-refractivity contribution in [3.8, 4) is 11.1 Å². The normalized spacial score (nSPS) is 10.2. The highest BCUT2D eigenvalue weighted by Crippen LogP contribution is 2.19. The molecule has 0 saturated carbocycles. The van der Waals surface area contributed by atoms with Crippen molar-refractivity contribution in [3.63, 3.8) is 0 Å². The third kappa shape index (κ3) is 3.32. The summed E-state index contributed by atoms with van der Waals surface area (Å²) in [6.45, 7) is 5.91. The summed E-state index contributed by atoms with van der Waals surface area (Å²) in [5, 5.41) is 0. The molecule has 0 aliphatic heterocycles. The van der Waals surface area contributed by atoms with Crippen molar-refractivity contribution < 1.29 is 0 Å². The molecule has 0 saturated heterocycles. The molecule has 0 spiro atoms. The van der Waals surface area contributed by atoms with Crippen LogP contribution in [-0.4, -0.2) is 0 Å².